The number of rotatable bonds is 5. The minimum Gasteiger partial charge on any atom is -0.344 e. The lowest BCUT2D eigenvalue weighted by atomic mass is 10.0. The molecule has 0 saturated heterocycles. The van der Waals surface area contributed by atoms with Crippen molar-refractivity contribution in [2.45, 2.75) is 39.8 Å². The summed E-state index contributed by atoms with van der Waals surface area (Å²) < 4.78 is 0. The molecule has 2 atom stereocenters. The predicted octanol–water partition coefficient (Wildman–Crippen LogP) is 0.220. The Morgan fingerprint density at radius 1 is 1.21 bits per heavy atom. The van der Waals surface area contributed by atoms with Crippen LogP contribution in [0.1, 0.15) is 27.7 Å². The first-order valence-corrected chi connectivity index (χ1v) is 4.83. The number of carbonyl (C=O) groups is 1. The number of nitrogens with one attached hydrogen (secondary N) is 1. The van der Waals surface area contributed by atoms with Crippen molar-refractivity contribution < 1.29 is 9.59 Å². The van der Waals surface area contributed by atoms with Crippen molar-refractivity contribution in [3.63, 3.8) is 0 Å². The third kappa shape index (κ3) is 3.87. The maximum absolute atomic E-state index is 11.4. The highest BCUT2D eigenvalue weighted by Crippen LogP contribution is 2.02. The van der Waals surface area contributed by atoms with E-state index < -0.39 is 12.1 Å². The summed E-state index contributed by atoms with van der Waals surface area (Å²) in [6.07, 6.45) is 1.79. The Kier molecular flexibility index (Phi) is 5.38. The molecule has 0 aromatic heterocycles. The second-order valence-electron chi connectivity index (χ2n) is 4.12. The van der Waals surface area contributed by atoms with Crippen LogP contribution in [-0.2, 0) is 9.59 Å². The van der Waals surface area contributed by atoms with E-state index in [0.717, 1.165) is 0 Å². The summed E-state index contributed by atoms with van der Waals surface area (Å²) >= 11 is 0. The zero-order valence-electron chi connectivity index (χ0n) is 9.20. The number of hydrogen-bond donors (Lipinski definition) is 2. The van der Waals surface area contributed by atoms with Crippen LogP contribution in [0, 0.1) is 11.8 Å². The molecule has 2 unspecified atom stereocenters. The minimum absolute atomic E-state index is 0.0378. The minimum atomic E-state index is -0.565. The van der Waals surface area contributed by atoms with Crippen LogP contribution in [0.3, 0.4) is 0 Å². The highest BCUT2D eigenvalue weighted by atomic mass is 16.2. The Balaban J connectivity index is 4.22. The molecule has 81 valence electrons. The molecule has 0 spiro atoms. The van der Waals surface area contributed by atoms with Gasteiger partial charge in [-0.2, -0.15) is 0 Å². The van der Waals surface area contributed by atoms with Crippen molar-refractivity contribution >= 4 is 12.2 Å². The summed E-state index contributed by atoms with van der Waals surface area (Å²) in [7, 11) is 0. The fourth-order valence-electron chi connectivity index (χ4n) is 0.884. The highest BCUT2D eigenvalue weighted by molar-refractivity contribution is 5.84. The molecule has 0 aliphatic carbocycles. The van der Waals surface area contributed by atoms with Gasteiger partial charge in [0.25, 0.3) is 0 Å². The summed E-state index contributed by atoms with van der Waals surface area (Å²) in [5.74, 6) is -0.188. The van der Waals surface area contributed by atoms with Crippen molar-refractivity contribution in [1.82, 2.24) is 5.32 Å². The Morgan fingerprint density at radius 3 is 2.00 bits per heavy atom. The third-order valence-electron chi connectivity index (χ3n) is 2.11. The molecule has 0 bridgehead atoms. The maximum atomic E-state index is 11.4. The normalized spacial score (nSPS) is 15.4. The first-order valence-electron chi connectivity index (χ1n) is 4.83. The van der Waals surface area contributed by atoms with Gasteiger partial charge in [0, 0.05) is 0 Å². The maximum Gasteiger partial charge on any atom is 0.237 e. The van der Waals surface area contributed by atoms with E-state index in [1.165, 1.54) is 0 Å². The van der Waals surface area contributed by atoms with E-state index in [-0.39, 0.29) is 17.7 Å². The van der Waals surface area contributed by atoms with Gasteiger partial charge in [0.1, 0.15) is 0 Å². The standard InChI is InChI=1S/C10H19N2O2/c1-6(2)8(5-13)12-10(14)9(11)7(3)4/h6-9H,11H2,1-4H3,(H,12,14). The van der Waals surface area contributed by atoms with Crippen LogP contribution in [0.25, 0.3) is 0 Å². The largest absolute Gasteiger partial charge is 0.344 e. The van der Waals surface area contributed by atoms with E-state index >= 15 is 0 Å². The van der Waals surface area contributed by atoms with E-state index in [4.69, 9.17) is 5.73 Å². The van der Waals surface area contributed by atoms with Crippen LogP contribution in [0.15, 0.2) is 0 Å². The number of nitrogens with two attached hydrogens (primary N) is 1. The molecule has 0 aromatic carbocycles. The topological polar surface area (TPSA) is 72.2 Å². The zero-order chi connectivity index (χ0) is 11.3. The van der Waals surface area contributed by atoms with Crippen LogP contribution in [0.2, 0.25) is 0 Å². The highest BCUT2D eigenvalue weighted by Gasteiger charge is 2.22. The van der Waals surface area contributed by atoms with Gasteiger partial charge in [-0.3, -0.25) is 9.59 Å². The molecule has 4 heteroatoms. The predicted molar refractivity (Wildman–Crippen MR) is 55.3 cm³/mol. The summed E-state index contributed by atoms with van der Waals surface area (Å²) in [4.78, 5) is 21.9. The molecule has 3 N–H and O–H groups in total. The van der Waals surface area contributed by atoms with Crippen molar-refractivity contribution in [2.75, 3.05) is 0 Å². The molecule has 1 radical (unpaired) electrons. The van der Waals surface area contributed by atoms with E-state index in [1.54, 1.807) is 6.29 Å². The average Bonchev–Trinajstić information content (AvgIpc) is 2.11. The van der Waals surface area contributed by atoms with E-state index in [2.05, 4.69) is 5.32 Å². The summed E-state index contributed by atoms with van der Waals surface area (Å²) in [5, 5.41) is 2.56. The molecule has 4 nitrogen and oxygen atoms in total. The zero-order valence-corrected chi connectivity index (χ0v) is 9.20. The third-order valence-corrected chi connectivity index (χ3v) is 2.11. The van der Waals surface area contributed by atoms with E-state index in [1.807, 2.05) is 27.7 Å². The lowest BCUT2D eigenvalue weighted by Crippen LogP contribution is -2.49. The first kappa shape index (κ1) is 13.1. The van der Waals surface area contributed by atoms with Crippen LogP contribution >= 0.6 is 0 Å². The molecule has 1 amide bonds. The van der Waals surface area contributed by atoms with Gasteiger partial charge in [-0.05, 0) is 11.8 Å². The Morgan fingerprint density at radius 2 is 1.71 bits per heavy atom. The molecular formula is C10H19N2O2. The summed E-state index contributed by atoms with van der Waals surface area (Å²) in [6, 6.07) is -1.13. The number of hydrogen-bond acceptors (Lipinski definition) is 3. The molecule has 0 rings (SSSR count). The molecule has 0 heterocycles. The van der Waals surface area contributed by atoms with Crippen molar-refractivity contribution in [1.29, 1.82) is 0 Å². The lowest BCUT2D eigenvalue weighted by molar-refractivity contribution is -0.123. The van der Waals surface area contributed by atoms with Gasteiger partial charge in [0.15, 0.2) is 0 Å². The van der Waals surface area contributed by atoms with Gasteiger partial charge >= 0.3 is 0 Å². The lowest BCUT2D eigenvalue weighted by Gasteiger charge is -2.20. The monoisotopic (exact) mass is 199 g/mol. The van der Waals surface area contributed by atoms with Gasteiger partial charge in [-0.25, -0.2) is 0 Å². The Labute approximate surface area is 85.2 Å². The summed E-state index contributed by atoms with van der Waals surface area (Å²) in [5.41, 5.74) is 5.62. The number of amides is 1. The molecule has 0 aliphatic heterocycles. The fraction of sp³-hybridized carbons (Fsp3) is 0.800. The van der Waals surface area contributed by atoms with Gasteiger partial charge in [0.05, 0.1) is 12.1 Å². The van der Waals surface area contributed by atoms with Crippen molar-refractivity contribution in [3.05, 3.63) is 0 Å². The number of carbonyl (C=O) groups excluding carboxylic acids is 2. The Bertz CT molecular complexity index is 202. The quantitative estimate of drug-likeness (QED) is 0.665. The van der Waals surface area contributed by atoms with Crippen molar-refractivity contribution in [2.24, 2.45) is 17.6 Å². The van der Waals surface area contributed by atoms with Gasteiger partial charge in [-0.1, -0.05) is 27.7 Å². The fourth-order valence-corrected chi connectivity index (χ4v) is 0.884. The van der Waals surface area contributed by atoms with Gasteiger partial charge in [0.2, 0.25) is 12.2 Å². The van der Waals surface area contributed by atoms with Crippen molar-refractivity contribution in [3.8, 4) is 0 Å². The van der Waals surface area contributed by atoms with E-state index in [9.17, 15) is 9.59 Å². The average molecular weight is 199 g/mol. The molecule has 0 fully saturated rings. The molecular weight excluding hydrogens is 180 g/mol. The van der Waals surface area contributed by atoms with Crippen LogP contribution < -0.4 is 11.1 Å². The van der Waals surface area contributed by atoms with Crippen LogP contribution in [0.4, 0.5) is 0 Å². The molecule has 0 aromatic rings. The second kappa shape index (κ2) is 5.75. The van der Waals surface area contributed by atoms with E-state index in [0.29, 0.717) is 0 Å². The second-order valence-corrected chi connectivity index (χ2v) is 4.12. The SMILES string of the molecule is CC(C)C([C]=O)NC(=O)C(N)C(C)C. The van der Waals surface area contributed by atoms with Crippen LogP contribution in [0.5, 0.6) is 0 Å². The smallest absolute Gasteiger partial charge is 0.237 e. The van der Waals surface area contributed by atoms with Gasteiger partial charge < -0.3 is 11.1 Å². The summed E-state index contributed by atoms with van der Waals surface area (Å²) in [6.45, 7) is 7.41. The first-order chi connectivity index (χ1) is 6.40. The molecule has 0 saturated carbocycles. The molecule has 0 aliphatic rings. The van der Waals surface area contributed by atoms with Gasteiger partial charge in [-0.15, -0.1) is 0 Å². The Hall–Kier alpha value is -0.900. The molecule has 14 heavy (non-hydrogen) atoms. The van der Waals surface area contributed by atoms with Crippen LogP contribution in [-0.4, -0.2) is 24.3 Å².